The summed E-state index contributed by atoms with van der Waals surface area (Å²) in [7, 11) is 2.02. The minimum atomic E-state index is 0.511. The summed E-state index contributed by atoms with van der Waals surface area (Å²) in [6.45, 7) is 3.79. The highest BCUT2D eigenvalue weighted by molar-refractivity contribution is 8.01. The Morgan fingerprint density at radius 1 is 1.62 bits per heavy atom. The maximum absolute atomic E-state index is 5.42. The zero-order chi connectivity index (χ0) is 11.4. The highest BCUT2D eigenvalue weighted by atomic mass is 32.2. The third-order valence-corrected chi connectivity index (χ3v) is 4.89. The van der Waals surface area contributed by atoms with Crippen molar-refractivity contribution >= 4 is 23.1 Å². The molecule has 1 aliphatic heterocycles. The van der Waals surface area contributed by atoms with Crippen molar-refractivity contribution in [3.63, 3.8) is 0 Å². The van der Waals surface area contributed by atoms with Gasteiger partial charge in [0.15, 0.2) is 4.34 Å². The van der Waals surface area contributed by atoms with Crippen LogP contribution in [-0.2, 0) is 4.74 Å². The smallest absolute Gasteiger partial charge is 0.174 e. The maximum atomic E-state index is 5.42. The van der Waals surface area contributed by atoms with Crippen LogP contribution in [0.15, 0.2) is 4.34 Å². The molecule has 2 rings (SSSR count). The summed E-state index contributed by atoms with van der Waals surface area (Å²) in [4.78, 5) is 0. The van der Waals surface area contributed by atoms with Crippen LogP contribution < -0.4 is 5.32 Å². The van der Waals surface area contributed by atoms with Crippen LogP contribution in [0, 0.1) is 12.8 Å². The van der Waals surface area contributed by atoms with Gasteiger partial charge in [0, 0.05) is 24.3 Å². The average Bonchev–Trinajstić information content (AvgIpc) is 2.91. The maximum Gasteiger partial charge on any atom is 0.174 e. The van der Waals surface area contributed by atoms with E-state index in [1.165, 1.54) is 6.42 Å². The Labute approximate surface area is 104 Å². The first-order valence-electron chi connectivity index (χ1n) is 5.47. The van der Waals surface area contributed by atoms with E-state index in [1.54, 1.807) is 23.1 Å². The molecule has 1 aromatic heterocycles. The zero-order valence-electron chi connectivity index (χ0n) is 9.60. The molecule has 0 spiro atoms. The molecule has 0 saturated carbocycles. The summed E-state index contributed by atoms with van der Waals surface area (Å²) < 4.78 is 6.49. The lowest BCUT2D eigenvalue weighted by molar-refractivity contribution is 0.180. The molecule has 1 N–H and O–H groups in total. The molecule has 0 radical (unpaired) electrons. The van der Waals surface area contributed by atoms with Crippen LogP contribution in [0.4, 0.5) is 0 Å². The fourth-order valence-electron chi connectivity index (χ4n) is 1.82. The van der Waals surface area contributed by atoms with Crippen molar-refractivity contribution in [2.45, 2.75) is 23.7 Å². The largest absolute Gasteiger partial charge is 0.381 e. The monoisotopic (exact) mass is 259 g/mol. The Kier molecular flexibility index (Phi) is 4.57. The first-order valence-corrected chi connectivity index (χ1v) is 7.27. The van der Waals surface area contributed by atoms with Crippen LogP contribution in [0.25, 0.3) is 0 Å². The van der Waals surface area contributed by atoms with Crippen molar-refractivity contribution in [3.05, 3.63) is 5.01 Å². The molecular weight excluding hydrogens is 242 g/mol. The van der Waals surface area contributed by atoms with E-state index >= 15 is 0 Å². The fourth-order valence-corrected chi connectivity index (χ4v) is 3.90. The predicted molar refractivity (Wildman–Crippen MR) is 67.1 cm³/mol. The Morgan fingerprint density at radius 3 is 3.06 bits per heavy atom. The van der Waals surface area contributed by atoms with Gasteiger partial charge in [-0.25, -0.2) is 0 Å². The number of rotatable bonds is 5. The zero-order valence-corrected chi connectivity index (χ0v) is 11.2. The molecule has 16 heavy (non-hydrogen) atoms. The number of aryl methyl sites for hydroxylation is 1. The second kappa shape index (κ2) is 5.95. The SMILES string of the molecule is CNC(CSc1nnc(C)s1)C1CCOC1. The van der Waals surface area contributed by atoms with Gasteiger partial charge >= 0.3 is 0 Å². The van der Waals surface area contributed by atoms with Crippen LogP contribution in [0.3, 0.4) is 0 Å². The molecule has 1 saturated heterocycles. The molecule has 2 heterocycles. The molecule has 90 valence electrons. The number of nitrogens with one attached hydrogen (secondary N) is 1. The number of aromatic nitrogens is 2. The van der Waals surface area contributed by atoms with Crippen molar-refractivity contribution in [3.8, 4) is 0 Å². The molecule has 0 amide bonds. The second-order valence-electron chi connectivity index (χ2n) is 3.92. The van der Waals surface area contributed by atoms with Gasteiger partial charge in [-0.05, 0) is 20.4 Å². The fraction of sp³-hybridized carbons (Fsp3) is 0.800. The molecule has 1 fully saturated rings. The summed E-state index contributed by atoms with van der Waals surface area (Å²) >= 11 is 3.45. The molecule has 2 unspecified atom stereocenters. The number of nitrogens with zero attached hydrogens (tertiary/aromatic N) is 2. The van der Waals surface area contributed by atoms with E-state index in [0.717, 1.165) is 28.3 Å². The quantitative estimate of drug-likeness (QED) is 0.813. The lowest BCUT2D eigenvalue weighted by Gasteiger charge is -2.20. The van der Waals surface area contributed by atoms with E-state index in [1.807, 2.05) is 14.0 Å². The summed E-state index contributed by atoms with van der Waals surface area (Å²) in [6.07, 6.45) is 1.17. The normalized spacial score (nSPS) is 22.5. The lowest BCUT2D eigenvalue weighted by atomic mass is 10.0. The first kappa shape index (κ1) is 12.3. The number of ether oxygens (including phenoxy) is 1. The lowest BCUT2D eigenvalue weighted by Crippen LogP contribution is -2.36. The van der Waals surface area contributed by atoms with E-state index in [4.69, 9.17) is 4.74 Å². The molecule has 0 aromatic carbocycles. The van der Waals surface area contributed by atoms with Crippen LogP contribution >= 0.6 is 23.1 Å². The summed E-state index contributed by atoms with van der Waals surface area (Å²) in [5.74, 6) is 1.69. The number of hydrogen-bond donors (Lipinski definition) is 1. The molecule has 0 aliphatic carbocycles. The predicted octanol–water partition coefficient (Wildman–Crippen LogP) is 1.56. The topological polar surface area (TPSA) is 47.0 Å². The molecular formula is C10H17N3OS2. The molecule has 4 nitrogen and oxygen atoms in total. The Bertz CT molecular complexity index is 326. The molecule has 1 aliphatic rings. The standard InChI is InChI=1S/C10H17N3OS2/c1-7-12-13-10(16-7)15-6-9(11-2)8-3-4-14-5-8/h8-9,11H,3-6H2,1-2H3. The average molecular weight is 259 g/mol. The van der Waals surface area contributed by atoms with Crippen molar-refractivity contribution in [2.24, 2.45) is 5.92 Å². The summed E-state index contributed by atoms with van der Waals surface area (Å²) in [6, 6.07) is 0.511. The molecule has 2 atom stereocenters. The highest BCUT2D eigenvalue weighted by Crippen LogP contribution is 2.26. The van der Waals surface area contributed by atoms with Crippen LogP contribution in [0.1, 0.15) is 11.4 Å². The summed E-state index contributed by atoms with van der Waals surface area (Å²) in [5, 5.41) is 12.6. The van der Waals surface area contributed by atoms with E-state index in [0.29, 0.717) is 12.0 Å². The van der Waals surface area contributed by atoms with E-state index < -0.39 is 0 Å². The van der Waals surface area contributed by atoms with Crippen molar-refractivity contribution in [2.75, 3.05) is 26.0 Å². The number of hydrogen-bond acceptors (Lipinski definition) is 6. The van der Waals surface area contributed by atoms with Crippen LogP contribution in [0.5, 0.6) is 0 Å². The van der Waals surface area contributed by atoms with Crippen molar-refractivity contribution in [1.82, 2.24) is 15.5 Å². The Hall–Kier alpha value is -0.170. The third kappa shape index (κ3) is 3.16. The van der Waals surface area contributed by atoms with Gasteiger partial charge < -0.3 is 10.1 Å². The van der Waals surface area contributed by atoms with Crippen molar-refractivity contribution < 1.29 is 4.74 Å². The Morgan fingerprint density at radius 2 is 2.50 bits per heavy atom. The number of thioether (sulfide) groups is 1. The van der Waals surface area contributed by atoms with Crippen LogP contribution in [0.2, 0.25) is 0 Å². The van der Waals surface area contributed by atoms with Gasteiger partial charge in [-0.3, -0.25) is 0 Å². The second-order valence-corrected chi connectivity index (χ2v) is 6.37. The van der Waals surface area contributed by atoms with E-state index in [9.17, 15) is 0 Å². The third-order valence-electron chi connectivity index (χ3n) is 2.80. The molecule has 0 bridgehead atoms. The van der Waals surface area contributed by atoms with E-state index in [-0.39, 0.29) is 0 Å². The van der Waals surface area contributed by atoms with Gasteiger partial charge in [0.25, 0.3) is 0 Å². The highest BCUT2D eigenvalue weighted by Gasteiger charge is 2.24. The van der Waals surface area contributed by atoms with Gasteiger partial charge in [-0.2, -0.15) is 0 Å². The first-order chi connectivity index (χ1) is 7.79. The summed E-state index contributed by atoms with van der Waals surface area (Å²) in [5.41, 5.74) is 0. The minimum Gasteiger partial charge on any atom is -0.381 e. The van der Waals surface area contributed by atoms with Gasteiger partial charge in [-0.15, -0.1) is 10.2 Å². The van der Waals surface area contributed by atoms with Gasteiger partial charge in [0.2, 0.25) is 0 Å². The molecule has 6 heteroatoms. The van der Waals surface area contributed by atoms with Crippen molar-refractivity contribution in [1.29, 1.82) is 0 Å². The van der Waals surface area contributed by atoms with E-state index in [2.05, 4.69) is 15.5 Å². The van der Waals surface area contributed by atoms with Gasteiger partial charge in [0.05, 0.1) is 6.61 Å². The minimum absolute atomic E-state index is 0.511. The Balaban J connectivity index is 1.82. The van der Waals surface area contributed by atoms with Gasteiger partial charge in [-0.1, -0.05) is 23.1 Å². The van der Waals surface area contributed by atoms with Gasteiger partial charge in [0.1, 0.15) is 5.01 Å². The van der Waals surface area contributed by atoms with Crippen LogP contribution in [-0.4, -0.2) is 42.3 Å². The molecule has 1 aromatic rings.